The van der Waals surface area contributed by atoms with Gasteiger partial charge in [-0.15, -0.1) is 11.3 Å². The van der Waals surface area contributed by atoms with Crippen molar-refractivity contribution in [3.8, 4) is 0 Å². The maximum Gasteiger partial charge on any atom is 0.232 e. The van der Waals surface area contributed by atoms with Gasteiger partial charge in [0.2, 0.25) is 11.7 Å². The van der Waals surface area contributed by atoms with Crippen LogP contribution in [0.25, 0.3) is 0 Å². The van der Waals surface area contributed by atoms with Crippen LogP contribution in [0.15, 0.2) is 34.2 Å². The van der Waals surface area contributed by atoms with Crippen molar-refractivity contribution in [2.45, 2.75) is 39.7 Å². The molecule has 0 N–H and O–H groups in total. The van der Waals surface area contributed by atoms with Crippen LogP contribution in [0.3, 0.4) is 0 Å². The highest BCUT2D eigenvalue weighted by molar-refractivity contribution is 7.09. The Balaban J connectivity index is 1.79. The van der Waals surface area contributed by atoms with E-state index >= 15 is 0 Å². The second-order valence-corrected chi connectivity index (χ2v) is 6.50. The molecule has 0 aliphatic rings. The van der Waals surface area contributed by atoms with E-state index in [0.717, 1.165) is 22.7 Å². The second kappa shape index (κ2) is 7.68. The van der Waals surface area contributed by atoms with Crippen molar-refractivity contribution in [2.24, 2.45) is 0 Å². The van der Waals surface area contributed by atoms with Crippen molar-refractivity contribution in [1.29, 1.82) is 0 Å². The molecule has 0 saturated carbocycles. The van der Waals surface area contributed by atoms with Gasteiger partial charge in [-0.25, -0.2) is 4.98 Å². The van der Waals surface area contributed by atoms with Gasteiger partial charge in [0.15, 0.2) is 0 Å². The molecule has 0 radical (unpaired) electrons. The Labute approximate surface area is 145 Å². The zero-order valence-corrected chi connectivity index (χ0v) is 15.0. The van der Waals surface area contributed by atoms with Gasteiger partial charge in [0.25, 0.3) is 0 Å². The summed E-state index contributed by atoms with van der Waals surface area (Å²) >= 11 is 1.66. The average molecular weight is 343 g/mol. The first-order valence-corrected chi connectivity index (χ1v) is 9.01. The highest BCUT2D eigenvalue weighted by Crippen LogP contribution is 2.24. The van der Waals surface area contributed by atoms with E-state index in [1.54, 1.807) is 11.3 Å². The Bertz CT molecular complexity index is 780. The van der Waals surface area contributed by atoms with Gasteiger partial charge in [0, 0.05) is 12.0 Å². The summed E-state index contributed by atoms with van der Waals surface area (Å²) in [6, 6.07) is 8.20. The number of hydrogen-bond donors (Lipinski definition) is 0. The van der Waals surface area contributed by atoms with Crippen LogP contribution >= 0.6 is 11.3 Å². The van der Waals surface area contributed by atoms with E-state index in [-0.39, 0.29) is 6.10 Å². The van der Waals surface area contributed by atoms with Crippen molar-refractivity contribution < 1.29 is 9.26 Å². The molecule has 3 aromatic rings. The standard InChI is InChI=1S/C18H21N3O2S/c1-4-16-19-14(11-24-16)10-15-20-18(21-23-15)17(22-5-2)13-8-6-12(3)7-9-13/h6-9,11,17H,4-5,10H2,1-3H3. The number of thiazole rings is 1. The lowest BCUT2D eigenvalue weighted by molar-refractivity contribution is 0.0833. The highest BCUT2D eigenvalue weighted by atomic mass is 32.1. The molecule has 24 heavy (non-hydrogen) atoms. The molecule has 1 aromatic carbocycles. The molecule has 2 aromatic heterocycles. The first-order chi connectivity index (χ1) is 11.7. The predicted molar refractivity (Wildman–Crippen MR) is 93.2 cm³/mol. The Morgan fingerprint density at radius 3 is 2.62 bits per heavy atom. The maximum absolute atomic E-state index is 5.84. The minimum Gasteiger partial charge on any atom is -0.366 e. The van der Waals surface area contributed by atoms with Crippen molar-refractivity contribution >= 4 is 11.3 Å². The molecule has 3 rings (SSSR count). The quantitative estimate of drug-likeness (QED) is 0.646. The summed E-state index contributed by atoms with van der Waals surface area (Å²) < 4.78 is 11.2. The van der Waals surface area contributed by atoms with Crippen molar-refractivity contribution in [1.82, 2.24) is 15.1 Å². The third-order valence-corrected chi connectivity index (χ3v) is 4.71. The van der Waals surface area contributed by atoms with Gasteiger partial charge in [-0.3, -0.25) is 0 Å². The molecule has 1 atom stereocenters. The molecule has 0 saturated heterocycles. The van der Waals surface area contributed by atoms with Gasteiger partial charge in [-0.05, 0) is 25.8 Å². The topological polar surface area (TPSA) is 61.0 Å². The summed E-state index contributed by atoms with van der Waals surface area (Å²) in [5.74, 6) is 1.12. The molecule has 126 valence electrons. The van der Waals surface area contributed by atoms with Crippen LogP contribution < -0.4 is 0 Å². The largest absolute Gasteiger partial charge is 0.366 e. The van der Waals surface area contributed by atoms with E-state index < -0.39 is 0 Å². The fraction of sp³-hybridized carbons (Fsp3) is 0.389. The third kappa shape index (κ3) is 3.88. The Morgan fingerprint density at radius 1 is 1.17 bits per heavy atom. The summed E-state index contributed by atoms with van der Waals surface area (Å²) in [5, 5.41) is 7.29. The van der Waals surface area contributed by atoms with Gasteiger partial charge in [0.1, 0.15) is 6.10 Å². The molecule has 0 aliphatic carbocycles. The predicted octanol–water partition coefficient (Wildman–Crippen LogP) is 4.11. The van der Waals surface area contributed by atoms with Crippen molar-refractivity contribution in [3.63, 3.8) is 0 Å². The van der Waals surface area contributed by atoms with Crippen LogP contribution in [0.2, 0.25) is 0 Å². The smallest absolute Gasteiger partial charge is 0.232 e. The lowest BCUT2D eigenvalue weighted by Crippen LogP contribution is -2.08. The fourth-order valence-corrected chi connectivity index (χ4v) is 3.17. The minimum absolute atomic E-state index is 0.310. The summed E-state index contributed by atoms with van der Waals surface area (Å²) in [6.45, 7) is 6.70. The third-order valence-electron chi connectivity index (χ3n) is 3.67. The van der Waals surface area contributed by atoms with E-state index in [2.05, 4.69) is 41.1 Å². The Morgan fingerprint density at radius 2 is 1.96 bits per heavy atom. The van der Waals surface area contributed by atoms with Gasteiger partial charge < -0.3 is 9.26 Å². The summed E-state index contributed by atoms with van der Waals surface area (Å²) in [5.41, 5.74) is 3.20. The number of aryl methyl sites for hydroxylation is 2. The molecule has 0 fully saturated rings. The lowest BCUT2D eigenvalue weighted by atomic mass is 10.1. The number of nitrogens with zero attached hydrogens (tertiary/aromatic N) is 3. The number of aromatic nitrogens is 3. The van der Waals surface area contributed by atoms with E-state index in [9.17, 15) is 0 Å². The summed E-state index contributed by atoms with van der Waals surface area (Å²) in [4.78, 5) is 9.06. The normalized spacial score (nSPS) is 12.5. The van der Waals surface area contributed by atoms with Crippen LogP contribution in [0.5, 0.6) is 0 Å². The fourth-order valence-electron chi connectivity index (χ4n) is 2.42. The number of rotatable bonds is 7. The van der Waals surface area contributed by atoms with Gasteiger partial charge in [-0.1, -0.05) is 41.9 Å². The Kier molecular flexibility index (Phi) is 5.37. The first kappa shape index (κ1) is 16.8. The number of benzene rings is 1. The van der Waals surface area contributed by atoms with Crippen LogP contribution in [0.1, 0.15) is 53.5 Å². The SMILES string of the molecule is CCOC(c1ccc(C)cc1)c1noc(Cc2csc(CC)n2)n1. The number of ether oxygens (including phenoxy) is 1. The molecular formula is C18H21N3O2S. The lowest BCUT2D eigenvalue weighted by Gasteiger charge is -2.13. The first-order valence-electron chi connectivity index (χ1n) is 8.13. The molecule has 0 aliphatic heterocycles. The zero-order valence-electron chi connectivity index (χ0n) is 14.2. The van der Waals surface area contributed by atoms with Crippen LogP contribution in [0.4, 0.5) is 0 Å². The zero-order chi connectivity index (χ0) is 16.9. The molecule has 1 unspecified atom stereocenters. The summed E-state index contributed by atoms with van der Waals surface area (Å²) in [6.07, 6.45) is 1.19. The van der Waals surface area contributed by atoms with E-state index in [4.69, 9.17) is 9.26 Å². The second-order valence-electron chi connectivity index (χ2n) is 5.56. The van der Waals surface area contributed by atoms with E-state index in [1.165, 1.54) is 5.56 Å². The monoisotopic (exact) mass is 343 g/mol. The molecular weight excluding hydrogens is 322 g/mol. The molecule has 0 amide bonds. The van der Waals surface area contributed by atoms with Gasteiger partial charge >= 0.3 is 0 Å². The molecule has 2 heterocycles. The maximum atomic E-state index is 5.84. The van der Waals surface area contributed by atoms with E-state index in [0.29, 0.717) is 24.7 Å². The van der Waals surface area contributed by atoms with Crippen LogP contribution in [0, 0.1) is 6.92 Å². The highest BCUT2D eigenvalue weighted by Gasteiger charge is 2.21. The summed E-state index contributed by atoms with van der Waals surface area (Å²) in [7, 11) is 0. The molecule has 0 bridgehead atoms. The van der Waals surface area contributed by atoms with E-state index in [1.807, 2.05) is 24.4 Å². The van der Waals surface area contributed by atoms with Crippen molar-refractivity contribution in [2.75, 3.05) is 6.61 Å². The van der Waals surface area contributed by atoms with Crippen LogP contribution in [-0.2, 0) is 17.6 Å². The van der Waals surface area contributed by atoms with Gasteiger partial charge in [-0.2, -0.15) is 4.98 Å². The minimum atomic E-state index is -0.310. The molecule has 0 spiro atoms. The average Bonchev–Trinajstić information content (AvgIpc) is 3.23. The number of hydrogen-bond acceptors (Lipinski definition) is 6. The molecule has 6 heteroatoms. The van der Waals surface area contributed by atoms with Crippen LogP contribution in [-0.4, -0.2) is 21.7 Å². The molecule has 5 nitrogen and oxygen atoms in total. The Hall–Kier alpha value is -2.05. The van der Waals surface area contributed by atoms with Crippen molar-refractivity contribution in [3.05, 3.63) is 63.2 Å². The van der Waals surface area contributed by atoms with Gasteiger partial charge in [0.05, 0.1) is 17.1 Å².